The number of carboxylic acid groups (broad SMARTS) is 2. The number of benzene rings is 4. The predicted octanol–water partition coefficient (Wildman–Crippen LogP) is 5.28. The molecule has 12 nitrogen and oxygen atoms in total. The number of hydrogen-bond donors (Lipinski definition) is 6. The second-order valence-electron chi connectivity index (χ2n) is 9.02. The lowest BCUT2D eigenvalue weighted by atomic mass is 10.2. The third-order valence-corrected chi connectivity index (χ3v) is 6.36. The normalized spacial score (nSPS) is 10.7. The summed E-state index contributed by atoms with van der Waals surface area (Å²) in [7, 11) is 2.95. The van der Waals surface area contributed by atoms with Gasteiger partial charge in [-0.25, -0.2) is 19.6 Å². The highest BCUT2D eigenvalue weighted by molar-refractivity contribution is 5.94. The van der Waals surface area contributed by atoms with Crippen LogP contribution in [-0.4, -0.2) is 66.5 Å². The van der Waals surface area contributed by atoms with Crippen molar-refractivity contribution in [3.05, 3.63) is 83.9 Å². The highest BCUT2D eigenvalue weighted by atomic mass is 16.5. The molecule has 6 rings (SSSR count). The van der Waals surface area contributed by atoms with Crippen molar-refractivity contribution in [3.8, 4) is 45.8 Å². The minimum atomic E-state index is -0.991. The fourth-order valence-electron chi connectivity index (χ4n) is 4.23. The Kier molecular flexibility index (Phi) is 7.35. The number of carbonyl (C=O) groups is 2. The summed E-state index contributed by atoms with van der Waals surface area (Å²) in [6.45, 7) is 0. The molecule has 0 aliphatic rings. The number of H-pyrrole nitrogens is 2. The number of carboxylic acids is 2. The van der Waals surface area contributed by atoms with E-state index >= 15 is 0 Å². The largest absolute Gasteiger partial charge is 0.504 e. The van der Waals surface area contributed by atoms with Gasteiger partial charge in [0.05, 0.1) is 47.4 Å². The Morgan fingerprint density at radius 2 is 1.02 bits per heavy atom. The number of ether oxygens (including phenoxy) is 2. The standard InChI is InChI=1S/2C15H12N2O4/c2*1-21-13-5-3-8(7-12(13)18)14-16-10-4-2-9(15(19)20)6-11(10)17-14/h2*2-7,18H,1H3,(H,16,17)(H,19,20). The zero-order chi connectivity index (χ0) is 30.0. The molecule has 0 aliphatic heterocycles. The quantitative estimate of drug-likeness (QED) is 0.154. The molecule has 6 aromatic rings. The lowest BCUT2D eigenvalue weighted by Crippen LogP contribution is -1.94. The summed E-state index contributed by atoms with van der Waals surface area (Å²) < 4.78 is 9.98. The first-order chi connectivity index (χ1) is 20.2. The Bertz CT molecular complexity index is 1820. The van der Waals surface area contributed by atoms with Gasteiger partial charge in [0.2, 0.25) is 0 Å². The second-order valence-corrected chi connectivity index (χ2v) is 9.02. The van der Waals surface area contributed by atoms with Crippen LogP contribution in [-0.2, 0) is 0 Å². The molecule has 12 heteroatoms. The molecular weight excluding hydrogens is 544 g/mol. The Labute approximate surface area is 237 Å². The number of nitrogens with one attached hydrogen (secondary N) is 2. The first-order valence-corrected chi connectivity index (χ1v) is 12.4. The topological polar surface area (TPSA) is 191 Å². The van der Waals surface area contributed by atoms with Crippen molar-refractivity contribution in [2.45, 2.75) is 0 Å². The molecule has 0 aliphatic carbocycles. The van der Waals surface area contributed by atoms with E-state index in [-0.39, 0.29) is 22.6 Å². The molecule has 0 saturated carbocycles. The van der Waals surface area contributed by atoms with Gasteiger partial charge >= 0.3 is 11.9 Å². The SMILES string of the molecule is COc1ccc(-c2nc3ccc(C(=O)O)cc3[nH]2)cc1O.COc1ccc(-c2nc3ccc(C(=O)O)cc3[nH]2)cc1O. The highest BCUT2D eigenvalue weighted by Gasteiger charge is 2.12. The summed E-state index contributed by atoms with van der Waals surface area (Å²) in [4.78, 5) is 36.8. The number of imidazole rings is 2. The van der Waals surface area contributed by atoms with E-state index in [2.05, 4.69) is 19.9 Å². The van der Waals surface area contributed by atoms with Gasteiger partial charge in [-0.2, -0.15) is 0 Å². The number of aromatic carboxylic acids is 2. The molecule has 0 bridgehead atoms. The smallest absolute Gasteiger partial charge is 0.335 e. The Hall–Kier alpha value is -6.04. The maximum absolute atomic E-state index is 11.0. The van der Waals surface area contributed by atoms with Crippen LogP contribution in [0.2, 0.25) is 0 Å². The predicted molar refractivity (Wildman–Crippen MR) is 153 cm³/mol. The number of rotatable bonds is 6. The van der Waals surface area contributed by atoms with Gasteiger partial charge in [-0.1, -0.05) is 0 Å². The first-order valence-electron chi connectivity index (χ1n) is 12.4. The van der Waals surface area contributed by atoms with Gasteiger partial charge in [-0.05, 0) is 72.8 Å². The van der Waals surface area contributed by atoms with Crippen LogP contribution in [0.3, 0.4) is 0 Å². The summed E-state index contributed by atoms with van der Waals surface area (Å²) in [6, 6.07) is 19.2. The monoisotopic (exact) mass is 568 g/mol. The van der Waals surface area contributed by atoms with Crippen LogP contribution < -0.4 is 9.47 Å². The van der Waals surface area contributed by atoms with Crippen LogP contribution in [0.25, 0.3) is 44.8 Å². The summed E-state index contributed by atoms with van der Waals surface area (Å²) in [5.41, 5.74) is 4.31. The van der Waals surface area contributed by atoms with E-state index in [4.69, 9.17) is 19.7 Å². The molecule has 0 amide bonds. The fraction of sp³-hybridized carbons (Fsp3) is 0.0667. The van der Waals surface area contributed by atoms with Crippen molar-refractivity contribution in [1.82, 2.24) is 19.9 Å². The van der Waals surface area contributed by atoms with E-state index in [0.29, 0.717) is 56.3 Å². The molecule has 2 aromatic heterocycles. The van der Waals surface area contributed by atoms with Crippen molar-refractivity contribution in [2.24, 2.45) is 0 Å². The number of aromatic nitrogens is 4. The van der Waals surface area contributed by atoms with E-state index in [1.807, 2.05) is 0 Å². The Morgan fingerprint density at radius 3 is 1.36 bits per heavy atom. The van der Waals surface area contributed by atoms with E-state index in [9.17, 15) is 19.8 Å². The average molecular weight is 569 g/mol. The molecular formula is C30H24N4O8. The molecule has 42 heavy (non-hydrogen) atoms. The number of methoxy groups -OCH3 is 2. The molecule has 0 spiro atoms. The molecule has 2 heterocycles. The van der Waals surface area contributed by atoms with Crippen molar-refractivity contribution in [3.63, 3.8) is 0 Å². The van der Waals surface area contributed by atoms with Gasteiger partial charge < -0.3 is 39.9 Å². The zero-order valence-corrected chi connectivity index (χ0v) is 22.2. The highest BCUT2D eigenvalue weighted by Crippen LogP contribution is 2.32. The van der Waals surface area contributed by atoms with Crippen LogP contribution in [0, 0.1) is 0 Å². The van der Waals surface area contributed by atoms with E-state index < -0.39 is 11.9 Å². The molecule has 6 N–H and O–H groups in total. The number of hydrogen-bond acceptors (Lipinski definition) is 8. The van der Waals surface area contributed by atoms with Gasteiger partial charge in [0.1, 0.15) is 11.6 Å². The van der Waals surface area contributed by atoms with Crippen molar-refractivity contribution >= 4 is 34.0 Å². The summed E-state index contributed by atoms with van der Waals surface area (Å²) in [5, 5.41) is 37.6. The number of phenolic OH excluding ortho intramolecular Hbond substituents is 2. The van der Waals surface area contributed by atoms with Crippen LogP contribution in [0.5, 0.6) is 23.0 Å². The molecule has 0 radical (unpaired) electrons. The number of aromatic hydroxyl groups is 2. The van der Waals surface area contributed by atoms with Crippen molar-refractivity contribution in [2.75, 3.05) is 14.2 Å². The maximum Gasteiger partial charge on any atom is 0.335 e. The van der Waals surface area contributed by atoms with Crippen LogP contribution in [0.1, 0.15) is 20.7 Å². The fourth-order valence-corrected chi connectivity index (χ4v) is 4.23. The summed E-state index contributed by atoms with van der Waals surface area (Å²) >= 11 is 0. The van der Waals surface area contributed by atoms with E-state index in [1.165, 1.54) is 50.6 Å². The lowest BCUT2D eigenvalue weighted by Gasteiger charge is -2.04. The van der Waals surface area contributed by atoms with Gasteiger partial charge in [-0.15, -0.1) is 0 Å². The Morgan fingerprint density at radius 1 is 0.619 bits per heavy atom. The second kappa shape index (κ2) is 11.2. The minimum Gasteiger partial charge on any atom is -0.504 e. The molecule has 0 atom stereocenters. The zero-order valence-electron chi connectivity index (χ0n) is 22.2. The van der Waals surface area contributed by atoms with Crippen molar-refractivity contribution < 1.29 is 39.5 Å². The van der Waals surface area contributed by atoms with E-state index in [0.717, 1.165) is 0 Å². The third kappa shape index (κ3) is 5.49. The van der Waals surface area contributed by atoms with Crippen LogP contribution >= 0.6 is 0 Å². The van der Waals surface area contributed by atoms with Gasteiger partial charge in [-0.3, -0.25) is 0 Å². The summed E-state index contributed by atoms with van der Waals surface area (Å²) in [5.74, 6) is -0.101. The molecule has 4 aromatic carbocycles. The third-order valence-electron chi connectivity index (χ3n) is 6.36. The maximum atomic E-state index is 11.0. The van der Waals surface area contributed by atoms with Crippen LogP contribution in [0.4, 0.5) is 0 Å². The number of phenols is 2. The number of fused-ring (bicyclic) bond motifs is 2. The molecule has 212 valence electrons. The number of nitrogens with zero attached hydrogens (tertiary/aromatic N) is 2. The van der Waals surface area contributed by atoms with E-state index in [1.54, 1.807) is 36.4 Å². The minimum absolute atomic E-state index is 0.0154. The van der Waals surface area contributed by atoms with Gasteiger partial charge in [0.15, 0.2) is 23.0 Å². The van der Waals surface area contributed by atoms with Crippen LogP contribution in [0.15, 0.2) is 72.8 Å². The number of aromatic amines is 2. The molecule has 0 saturated heterocycles. The summed E-state index contributed by atoms with van der Waals surface area (Å²) in [6.07, 6.45) is 0. The lowest BCUT2D eigenvalue weighted by molar-refractivity contribution is 0.0686. The van der Waals surface area contributed by atoms with Crippen molar-refractivity contribution in [1.29, 1.82) is 0 Å². The molecule has 0 fully saturated rings. The molecule has 0 unspecified atom stereocenters. The Balaban J connectivity index is 0.000000168. The first kappa shape index (κ1) is 27.5. The van der Waals surface area contributed by atoms with Gasteiger partial charge in [0, 0.05) is 11.1 Å². The average Bonchev–Trinajstić information content (AvgIpc) is 3.61. The van der Waals surface area contributed by atoms with Gasteiger partial charge in [0.25, 0.3) is 0 Å².